The zero-order valence-electron chi connectivity index (χ0n) is 11.4. The molecule has 0 aromatic heterocycles. The van der Waals surface area contributed by atoms with Crippen molar-refractivity contribution in [3.63, 3.8) is 0 Å². The first-order chi connectivity index (χ1) is 8.99. The molecule has 102 valence electrons. The highest BCUT2D eigenvalue weighted by Crippen LogP contribution is 2.27. The van der Waals surface area contributed by atoms with Gasteiger partial charge in [0, 0.05) is 43.1 Å². The Balaban J connectivity index is 3.12. The lowest BCUT2D eigenvalue weighted by Gasteiger charge is -2.25. The number of nitriles is 1. The van der Waals surface area contributed by atoms with Gasteiger partial charge in [0.2, 0.25) is 0 Å². The monoisotopic (exact) mass is 262 g/mol. The maximum absolute atomic E-state index is 10.9. The van der Waals surface area contributed by atoms with Crippen molar-refractivity contribution in [1.29, 1.82) is 5.26 Å². The quantitative estimate of drug-likeness (QED) is 0.629. The summed E-state index contributed by atoms with van der Waals surface area (Å²) >= 11 is 0. The third-order valence-corrected chi connectivity index (χ3v) is 2.95. The fourth-order valence-corrected chi connectivity index (χ4v) is 1.73. The van der Waals surface area contributed by atoms with E-state index in [-0.39, 0.29) is 11.7 Å². The van der Waals surface area contributed by atoms with Gasteiger partial charge >= 0.3 is 0 Å². The number of nitrogens with zero attached hydrogens (tertiary/aromatic N) is 3. The lowest BCUT2D eigenvalue weighted by atomic mass is 10.1. The lowest BCUT2D eigenvalue weighted by Crippen LogP contribution is -2.28. The van der Waals surface area contributed by atoms with Crippen LogP contribution in [0.25, 0.3) is 0 Å². The molecule has 6 nitrogen and oxygen atoms in total. The summed E-state index contributed by atoms with van der Waals surface area (Å²) in [5, 5.41) is 22.7. The largest absolute Gasteiger partial charge is 0.385 e. The molecule has 0 heterocycles. The summed E-state index contributed by atoms with van der Waals surface area (Å²) < 4.78 is 0. The smallest absolute Gasteiger partial charge is 0.273 e. The Morgan fingerprint density at radius 1 is 1.53 bits per heavy atom. The molecule has 0 spiro atoms. The zero-order chi connectivity index (χ0) is 14.4. The Labute approximate surface area is 112 Å². The van der Waals surface area contributed by atoms with Gasteiger partial charge < -0.3 is 10.2 Å². The minimum absolute atomic E-state index is 0.00137. The minimum Gasteiger partial charge on any atom is -0.385 e. The average Bonchev–Trinajstić information content (AvgIpc) is 2.38. The van der Waals surface area contributed by atoms with Crippen molar-refractivity contribution in [2.45, 2.75) is 26.3 Å². The van der Waals surface area contributed by atoms with Gasteiger partial charge in [0.15, 0.2) is 0 Å². The van der Waals surface area contributed by atoms with Gasteiger partial charge in [-0.1, -0.05) is 0 Å². The van der Waals surface area contributed by atoms with Gasteiger partial charge in [0.1, 0.15) is 0 Å². The first-order valence-electron chi connectivity index (χ1n) is 6.12. The third kappa shape index (κ3) is 3.85. The molecular weight excluding hydrogens is 244 g/mol. The summed E-state index contributed by atoms with van der Waals surface area (Å²) in [5.41, 5.74) is 1.49. The maximum atomic E-state index is 10.9. The van der Waals surface area contributed by atoms with E-state index < -0.39 is 4.92 Å². The highest BCUT2D eigenvalue weighted by atomic mass is 16.6. The van der Waals surface area contributed by atoms with Crippen LogP contribution in [0, 0.1) is 21.4 Å². The Bertz CT molecular complexity index is 496. The van der Waals surface area contributed by atoms with Crippen LogP contribution in [0.5, 0.6) is 0 Å². The molecule has 6 heteroatoms. The van der Waals surface area contributed by atoms with E-state index in [4.69, 9.17) is 5.26 Å². The van der Waals surface area contributed by atoms with Gasteiger partial charge in [0.25, 0.3) is 5.69 Å². The predicted octanol–water partition coefficient (Wildman–Crippen LogP) is 2.76. The third-order valence-electron chi connectivity index (χ3n) is 2.95. The molecule has 1 aromatic rings. The van der Waals surface area contributed by atoms with Crippen molar-refractivity contribution in [2.24, 2.45) is 0 Å². The molecule has 0 radical (unpaired) electrons. The van der Waals surface area contributed by atoms with E-state index in [1.54, 1.807) is 0 Å². The summed E-state index contributed by atoms with van der Waals surface area (Å²) in [7, 11) is 1.83. The van der Waals surface area contributed by atoms with Crippen molar-refractivity contribution >= 4 is 17.1 Å². The van der Waals surface area contributed by atoms with Crippen molar-refractivity contribution in [1.82, 2.24) is 0 Å². The molecule has 0 aliphatic heterocycles. The average molecular weight is 262 g/mol. The molecule has 19 heavy (non-hydrogen) atoms. The van der Waals surface area contributed by atoms with Crippen LogP contribution in [0.15, 0.2) is 18.2 Å². The normalized spacial score (nSPS) is 11.5. The van der Waals surface area contributed by atoms with Gasteiger partial charge in [-0.15, -0.1) is 0 Å². The summed E-state index contributed by atoms with van der Waals surface area (Å²) in [6, 6.07) is 6.99. The van der Waals surface area contributed by atoms with Crippen LogP contribution in [0.1, 0.15) is 20.3 Å². The summed E-state index contributed by atoms with van der Waals surface area (Å²) in [5.74, 6) is 0. The number of rotatable bonds is 6. The van der Waals surface area contributed by atoms with Crippen LogP contribution >= 0.6 is 0 Å². The number of nitro benzene ring substituents is 1. The topological polar surface area (TPSA) is 82.2 Å². The van der Waals surface area contributed by atoms with Gasteiger partial charge in [-0.2, -0.15) is 5.26 Å². The summed E-state index contributed by atoms with van der Waals surface area (Å²) in [6.45, 7) is 4.54. The fraction of sp³-hybridized carbons (Fsp3) is 0.462. The zero-order valence-corrected chi connectivity index (χ0v) is 11.4. The minimum atomic E-state index is -0.410. The van der Waals surface area contributed by atoms with E-state index in [0.29, 0.717) is 18.7 Å². The highest BCUT2D eigenvalue weighted by molar-refractivity contribution is 5.64. The molecule has 0 aliphatic carbocycles. The van der Waals surface area contributed by atoms with E-state index in [1.807, 2.05) is 31.9 Å². The molecule has 1 unspecified atom stereocenters. The second-order valence-corrected chi connectivity index (χ2v) is 4.35. The van der Waals surface area contributed by atoms with Crippen LogP contribution in [0.3, 0.4) is 0 Å². The molecule has 1 rings (SSSR count). The summed E-state index contributed by atoms with van der Waals surface area (Å²) in [4.78, 5) is 12.4. The number of hydrogen-bond acceptors (Lipinski definition) is 5. The van der Waals surface area contributed by atoms with Crippen LogP contribution in [-0.2, 0) is 0 Å². The van der Waals surface area contributed by atoms with Crippen molar-refractivity contribution in [3.8, 4) is 6.07 Å². The molecule has 1 N–H and O–H groups in total. The lowest BCUT2D eigenvalue weighted by molar-refractivity contribution is -0.384. The van der Waals surface area contributed by atoms with Crippen LogP contribution in [-0.4, -0.2) is 24.6 Å². The number of nitrogens with one attached hydrogen (secondary N) is 1. The van der Waals surface area contributed by atoms with Crippen LogP contribution in [0.4, 0.5) is 17.1 Å². The second-order valence-electron chi connectivity index (χ2n) is 4.35. The number of benzene rings is 1. The highest BCUT2D eigenvalue weighted by Gasteiger charge is 2.15. The van der Waals surface area contributed by atoms with Gasteiger partial charge in [0.05, 0.1) is 17.4 Å². The molecule has 1 aromatic carbocycles. The first-order valence-corrected chi connectivity index (χ1v) is 6.12. The van der Waals surface area contributed by atoms with E-state index in [0.717, 1.165) is 5.69 Å². The Morgan fingerprint density at radius 3 is 2.74 bits per heavy atom. The molecule has 1 atom stereocenters. The second kappa shape index (κ2) is 6.59. The number of non-ortho nitro benzene ring substituents is 1. The van der Waals surface area contributed by atoms with Crippen LogP contribution < -0.4 is 10.2 Å². The Morgan fingerprint density at radius 2 is 2.21 bits per heavy atom. The van der Waals surface area contributed by atoms with Crippen LogP contribution in [0.2, 0.25) is 0 Å². The number of nitro groups is 1. The fourth-order valence-electron chi connectivity index (χ4n) is 1.73. The molecule has 0 aliphatic rings. The SMILES string of the molecule is CCNc1cc(N(C)C(C)CC#N)cc([N+](=O)[O-])c1. The van der Waals surface area contributed by atoms with E-state index in [9.17, 15) is 10.1 Å². The van der Waals surface area contributed by atoms with Crippen molar-refractivity contribution in [2.75, 3.05) is 23.8 Å². The van der Waals surface area contributed by atoms with E-state index in [2.05, 4.69) is 11.4 Å². The molecule has 0 bridgehead atoms. The standard InChI is InChI=1S/C13H18N4O2/c1-4-15-11-7-12(9-13(8-11)17(18)19)16(3)10(2)5-6-14/h7-10,15H,4-5H2,1-3H3. The Kier molecular flexibility index (Phi) is 5.12. The summed E-state index contributed by atoms with van der Waals surface area (Å²) in [6.07, 6.45) is 0.371. The number of hydrogen-bond donors (Lipinski definition) is 1. The van der Waals surface area contributed by atoms with E-state index in [1.165, 1.54) is 12.1 Å². The molecule has 0 fully saturated rings. The molecule has 0 saturated heterocycles. The van der Waals surface area contributed by atoms with Crippen molar-refractivity contribution in [3.05, 3.63) is 28.3 Å². The molecule has 0 saturated carbocycles. The van der Waals surface area contributed by atoms with Gasteiger partial charge in [-0.05, 0) is 19.9 Å². The number of anilines is 2. The maximum Gasteiger partial charge on any atom is 0.273 e. The Hall–Kier alpha value is -2.29. The molecule has 0 amide bonds. The van der Waals surface area contributed by atoms with E-state index >= 15 is 0 Å². The first kappa shape index (κ1) is 14.8. The molecular formula is C13H18N4O2. The predicted molar refractivity (Wildman–Crippen MR) is 75.4 cm³/mol. The van der Waals surface area contributed by atoms with Crippen molar-refractivity contribution < 1.29 is 4.92 Å². The van der Waals surface area contributed by atoms with Gasteiger partial charge in [-0.3, -0.25) is 10.1 Å². The van der Waals surface area contributed by atoms with Gasteiger partial charge in [-0.25, -0.2) is 0 Å².